The Labute approximate surface area is 226 Å². The van der Waals surface area contributed by atoms with E-state index < -0.39 is 12.1 Å². The van der Waals surface area contributed by atoms with Gasteiger partial charge in [0.25, 0.3) is 11.8 Å². The molecule has 39 heavy (non-hydrogen) atoms. The minimum absolute atomic E-state index is 0.0438. The van der Waals surface area contributed by atoms with Crippen LogP contribution in [-0.2, 0) is 4.79 Å². The number of hydrogen-bond donors (Lipinski definition) is 1. The van der Waals surface area contributed by atoms with Crippen molar-refractivity contribution in [2.24, 2.45) is 0 Å². The Kier molecular flexibility index (Phi) is 8.54. The molecule has 0 aliphatic carbocycles. The van der Waals surface area contributed by atoms with Crippen molar-refractivity contribution in [3.05, 3.63) is 52.4 Å². The van der Waals surface area contributed by atoms with Crippen LogP contribution >= 0.6 is 11.3 Å². The second-order valence-corrected chi connectivity index (χ2v) is 10.5. The Balaban J connectivity index is 0.000000448. The molecule has 0 spiro atoms. The largest absolute Gasteiger partial charge is 0.490 e. The van der Waals surface area contributed by atoms with E-state index in [1.807, 2.05) is 37.1 Å². The minimum Gasteiger partial charge on any atom is -0.475 e. The predicted octanol–water partition coefficient (Wildman–Crippen LogP) is 3.22. The molecule has 2 saturated heterocycles. The number of halogens is 3. The molecular weight excluding hydrogens is 537 g/mol. The van der Waals surface area contributed by atoms with Crippen molar-refractivity contribution in [3.63, 3.8) is 0 Å². The van der Waals surface area contributed by atoms with Crippen molar-refractivity contribution in [2.75, 3.05) is 40.3 Å². The van der Waals surface area contributed by atoms with Gasteiger partial charge in [0, 0.05) is 55.4 Å². The molecule has 0 radical (unpaired) electrons. The van der Waals surface area contributed by atoms with Gasteiger partial charge in [0.1, 0.15) is 6.33 Å². The quantitative estimate of drug-likeness (QED) is 0.516. The van der Waals surface area contributed by atoms with Gasteiger partial charge in [0.2, 0.25) is 0 Å². The van der Waals surface area contributed by atoms with E-state index in [0.29, 0.717) is 23.3 Å². The second-order valence-electron chi connectivity index (χ2n) is 9.70. The maximum Gasteiger partial charge on any atom is 0.490 e. The first kappa shape index (κ1) is 28.5. The van der Waals surface area contributed by atoms with Crippen LogP contribution in [0.5, 0.6) is 0 Å². The standard InChI is InChI=1S/C23H28N6O2S.C2HF3O2/c1-26(2)18-6-11-28(13-18)23(31)20-21-24-8-3-19(29(21)15-25-20)16-4-9-27(10-5-16)22(30)17-7-12-32-14-17;3-2(4,5)1(6)7/h3,7-8,12,14-16,18H,4-6,9-11,13H2,1-2H3;(H,6,7). The minimum atomic E-state index is -5.08. The van der Waals surface area contributed by atoms with Crippen molar-refractivity contribution in [1.29, 1.82) is 0 Å². The highest BCUT2D eigenvalue weighted by Gasteiger charge is 2.38. The highest BCUT2D eigenvalue weighted by molar-refractivity contribution is 7.08. The first-order valence-corrected chi connectivity index (χ1v) is 13.3. The van der Waals surface area contributed by atoms with E-state index in [9.17, 15) is 22.8 Å². The maximum absolute atomic E-state index is 13.2. The second kappa shape index (κ2) is 11.7. The Morgan fingerprint density at radius 1 is 1.03 bits per heavy atom. The van der Waals surface area contributed by atoms with Gasteiger partial charge in [-0.1, -0.05) is 0 Å². The lowest BCUT2D eigenvalue weighted by atomic mass is 9.93. The summed E-state index contributed by atoms with van der Waals surface area (Å²) in [5.41, 5.74) is 2.93. The highest BCUT2D eigenvalue weighted by Crippen LogP contribution is 2.30. The van der Waals surface area contributed by atoms with E-state index in [4.69, 9.17) is 9.90 Å². The molecule has 10 nitrogen and oxygen atoms in total. The number of likely N-dealkylation sites (N-methyl/N-ethyl adjacent to an activating group) is 1. The summed E-state index contributed by atoms with van der Waals surface area (Å²) in [6.07, 6.45) is 1.16. The van der Waals surface area contributed by atoms with E-state index in [2.05, 4.69) is 29.0 Å². The molecular formula is C25H29F3N6O4S. The molecule has 5 rings (SSSR count). The lowest BCUT2D eigenvalue weighted by molar-refractivity contribution is -0.192. The Morgan fingerprint density at radius 3 is 2.26 bits per heavy atom. The van der Waals surface area contributed by atoms with Gasteiger partial charge in [-0.15, -0.1) is 0 Å². The highest BCUT2D eigenvalue weighted by atomic mass is 32.1. The summed E-state index contributed by atoms with van der Waals surface area (Å²) in [5, 5.41) is 11.0. The van der Waals surface area contributed by atoms with Crippen LogP contribution in [0, 0.1) is 0 Å². The van der Waals surface area contributed by atoms with Gasteiger partial charge in [-0.2, -0.15) is 24.5 Å². The number of aliphatic carboxylic acids is 1. The van der Waals surface area contributed by atoms with E-state index in [-0.39, 0.29) is 11.8 Å². The number of carboxylic acid groups (broad SMARTS) is 1. The van der Waals surface area contributed by atoms with Crippen molar-refractivity contribution < 1.29 is 32.7 Å². The average Bonchev–Trinajstić information content (AvgIpc) is 3.68. The average molecular weight is 567 g/mol. The molecule has 0 aromatic carbocycles. The molecule has 2 fully saturated rings. The number of thiophene rings is 1. The van der Waals surface area contributed by atoms with Crippen LogP contribution in [-0.4, -0.2) is 104 Å². The molecule has 1 unspecified atom stereocenters. The number of likely N-dealkylation sites (tertiary alicyclic amines) is 2. The number of hydrogen-bond acceptors (Lipinski definition) is 7. The van der Waals surface area contributed by atoms with Crippen LogP contribution in [0.25, 0.3) is 5.65 Å². The third-order valence-corrected chi connectivity index (χ3v) is 7.74. The van der Waals surface area contributed by atoms with Gasteiger partial charge in [-0.05, 0) is 50.9 Å². The van der Waals surface area contributed by atoms with Crippen LogP contribution < -0.4 is 0 Å². The number of amides is 2. The summed E-state index contributed by atoms with van der Waals surface area (Å²) in [6, 6.07) is 4.29. The molecule has 2 amide bonds. The zero-order valence-corrected chi connectivity index (χ0v) is 22.3. The number of imidazole rings is 1. The summed E-state index contributed by atoms with van der Waals surface area (Å²) in [4.78, 5) is 49.7. The van der Waals surface area contributed by atoms with Gasteiger partial charge in [0.15, 0.2) is 11.3 Å². The van der Waals surface area contributed by atoms with E-state index in [0.717, 1.165) is 56.7 Å². The Morgan fingerprint density at radius 2 is 1.69 bits per heavy atom. The summed E-state index contributed by atoms with van der Waals surface area (Å²) in [6.45, 7) is 2.92. The van der Waals surface area contributed by atoms with Gasteiger partial charge < -0.3 is 19.8 Å². The predicted molar refractivity (Wildman–Crippen MR) is 137 cm³/mol. The zero-order chi connectivity index (χ0) is 28.3. The number of carbonyl (C=O) groups excluding carboxylic acids is 2. The molecule has 5 heterocycles. The van der Waals surface area contributed by atoms with E-state index >= 15 is 0 Å². The molecule has 2 aliphatic rings. The van der Waals surface area contributed by atoms with E-state index in [1.54, 1.807) is 23.9 Å². The summed E-state index contributed by atoms with van der Waals surface area (Å²) < 4.78 is 33.7. The van der Waals surface area contributed by atoms with Crippen molar-refractivity contribution >= 4 is 34.8 Å². The fourth-order valence-corrected chi connectivity index (χ4v) is 5.48. The molecule has 3 aromatic rings. The number of alkyl halides is 3. The Bertz CT molecular complexity index is 1320. The molecule has 1 N–H and O–H groups in total. The van der Waals surface area contributed by atoms with Gasteiger partial charge >= 0.3 is 12.1 Å². The van der Waals surface area contributed by atoms with E-state index in [1.165, 1.54) is 0 Å². The molecule has 3 aromatic heterocycles. The van der Waals surface area contributed by atoms with Crippen LogP contribution in [0.3, 0.4) is 0 Å². The molecule has 210 valence electrons. The van der Waals surface area contributed by atoms with Crippen LogP contribution in [0.4, 0.5) is 13.2 Å². The summed E-state index contributed by atoms with van der Waals surface area (Å²) in [7, 11) is 4.11. The lowest BCUT2D eigenvalue weighted by Gasteiger charge is -2.32. The maximum atomic E-state index is 13.2. The molecule has 1 atom stereocenters. The summed E-state index contributed by atoms with van der Waals surface area (Å²) >= 11 is 1.55. The SMILES string of the molecule is CN(C)C1CCN(C(=O)c2ncn3c(C4CCN(C(=O)c5ccsc5)CC4)ccnc23)C1.O=C(O)C(F)(F)F. The third-order valence-electron chi connectivity index (χ3n) is 7.06. The molecule has 0 saturated carbocycles. The monoisotopic (exact) mass is 566 g/mol. The fourth-order valence-electron chi connectivity index (χ4n) is 4.85. The topological polar surface area (TPSA) is 111 Å². The first-order chi connectivity index (χ1) is 18.5. The van der Waals surface area contributed by atoms with Crippen LogP contribution in [0.15, 0.2) is 35.4 Å². The fraction of sp³-hybridized carbons (Fsp3) is 0.480. The molecule has 2 aliphatic heterocycles. The Hall–Kier alpha value is -3.52. The van der Waals surface area contributed by atoms with Crippen molar-refractivity contribution in [1.82, 2.24) is 29.1 Å². The van der Waals surface area contributed by atoms with Crippen LogP contribution in [0.2, 0.25) is 0 Å². The lowest BCUT2D eigenvalue weighted by Crippen LogP contribution is -2.38. The molecule has 14 heteroatoms. The summed E-state index contributed by atoms with van der Waals surface area (Å²) in [5.74, 6) is -2.39. The van der Waals surface area contributed by atoms with Gasteiger partial charge in [0.05, 0.1) is 5.56 Å². The number of fused-ring (bicyclic) bond motifs is 1. The number of piperidine rings is 1. The number of rotatable bonds is 4. The number of carbonyl (C=O) groups is 3. The number of carboxylic acids is 1. The van der Waals surface area contributed by atoms with Crippen molar-refractivity contribution in [3.8, 4) is 0 Å². The third kappa shape index (κ3) is 6.38. The number of nitrogens with zero attached hydrogens (tertiary/aromatic N) is 6. The first-order valence-electron chi connectivity index (χ1n) is 12.4. The smallest absolute Gasteiger partial charge is 0.475 e. The van der Waals surface area contributed by atoms with Gasteiger partial charge in [-0.3, -0.25) is 14.0 Å². The number of aromatic nitrogens is 3. The molecule has 0 bridgehead atoms. The zero-order valence-electron chi connectivity index (χ0n) is 21.5. The van der Waals surface area contributed by atoms with Crippen LogP contribution in [0.1, 0.15) is 51.7 Å². The normalized spacial score (nSPS) is 18.4. The van der Waals surface area contributed by atoms with Gasteiger partial charge in [-0.25, -0.2) is 14.8 Å². The van der Waals surface area contributed by atoms with Crippen molar-refractivity contribution in [2.45, 2.75) is 37.4 Å².